The van der Waals surface area contributed by atoms with Crippen LogP contribution < -0.4 is 0 Å². The zero-order valence-electron chi connectivity index (χ0n) is 13.9. The third-order valence-corrected chi connectivity index (χ3v) is 5.37. The highest BCUT2D eigenvalue weighted by Gasteiger charge is 2.16. The van der Waals surface area contributed by atoms with Crippen LogP contribution in [-0.2, 0) is 0 Å². The SMILES string of the molecule is CCCC(Br)c1cnc(-c2c(C)cccc2C)c2ccccc12. The molecule has 1 aromatic heterocycles. The Morgan fingerprint density at radius 3 is 2.26 bits per heavy atom. The number of benzene rings is 2. The highest BCUT2D eigenvalue weighted by atomic mass is 79.9. The molecule has 0 saturated carbocycles. The summed E-state index contributed by atoms with van der Waals surface area (Å²) in [6, 6.07) is 15.1. The first-order chi connectivity index (χ1) is 11.1. The summed E-state index contributed by atoms with van der Waals surface area (Å²) in [5.74, 6) is 0. The van der Waals surface area contributed by atoms with Crippen LogP contribution in [0, 0.1) is 13.8 Å². The van der Waals surface area contributed by atoms with Gasteiger partial charge in [-0.3, -0.25) is 4.98 Å². The lowest BCUT2D eigenvalue weighted by Gasteiger charge is -2.16. The molecule has 2 aromatic carbocycles. The van der Waals surface area contributed by atoms with E-state index in [2.05, 4.69) is 85.4 Å². The third kappa shape index (κ3) is 3.05. The number of nitrogens with zero attached hydrogens (tertiary/aromatic N) is 1. The van der Waals surface area contributed by atoms with E-state index in [1.807, 2.05) is 0 Å². The molecule has 23 heavy (non-hydrogen) atoms. The van der Waals surface area contributed by atoms with Crippen molar-refractivity contribution in [2.45, 2.75) is 38.4 Å². The normalized spacial score (nSPS) is 12.5. The first-order valence-corrected chi connectivity index (χ1v) is 9.13. The molecule has 0 fully saturated rings. The molecule has 0 aliphatic rings. The van der Waals surface area contributed by atoms with Crippen LogP contribution in [0.2, 0.25) is 0 Å². The minimum Gasteiger partial charge on any atom is -0.255 e. The Kier molecular flexibility index (Phi) is 4.82. The minimum atomic E-state index is 0.358. The number of rotatable bonds is 4. The maximum atomic E-state index is 4.87. The van der Waals surface area contributed by atoms with Crippen molar-refractivity contribution in [3.8, 4) is 11.3 Å². The summed E-state index contributed by atoms with van der Waals surface area (Å²) in [5, 5.41) is 2.54. The van der Waals surface area contributed by atoms with Crippen LogP contribution in [0.3, 0.4) is 0 Å². The maximum absolute atomic E-state index is 4.87. The summed E-state index contributed by atoms with van der Waals surface area (Å²) in [5.41, 5.74) is 6.20. The molecular weight excluding hydrogens is 346 g/mol. The molecule has 1 unspecified atom stereocenters. The molecule has 0 aliphatic carbocycles. The molecule has 0 saturated heterocycles. The summed E-state index contributed by atoms with van der Waals surface area (Å²) in [6.07, 6.45) is 4.33. The van der Waals surface area contributed by atoms with E-state index in [1.165, 1.54) is 33.0 Å². The number of hydrogen-bond donors (Lipinski definition) is 0. The van der Waals surface area contributed by atoms with E-state index in [0.29, 0.717) is 4.83 Å². The average Bonchev–Trinajstić information content (AvgIpc) is 2.55. The lowest BCUT2D eigenvalue weighted by molar-refractivity contribution is 0.790. The van der Waals surface area contributed by atoms with Gasteiger partial charge in [0.15, 0.2) is 0 Å². The van der Waals surface area contributed by atoms with Gasteiger partial charge in [0.05, 0.1) is 5.69 Å². The van der Waals surface area contributed by atoms with E-state index in [4.69, 9.17) is 4.98 Å². The molecule has 1 atom stereocenters. The molecule has 1 nitrogen and oxygen atoms in total. The van der Waals surface area contributed by atoms with Gasteiger partial charge in [0.1, 0.15) is 0 Å². The summed E-state index contributed by atoms with van der Waals surface area (Å²) in [4.78, 5) is 5.23. The Balaban J connectivity index is 2.27. The van der Waals surface area contributed by atoms with Crippen molar-refractivity contribution >= 4 is 26.7 Å². The topological polar surface area (TPSA) is 12.9 Å². The molecule has 2 heteroatoms. The number of halogens is 1. The van der Waals surface area contributed by atoms with E-state index >= 15 is 0 Å². The van der Waals surface area contributed by atoms with Gasteiger partial charge in [0, 0.05) is 22.0 Å². The van der Waals surface area contributed by atoms with Crippen LogP contribution in [0.4, 0.5) is 0 Å². The second-order valence-corrected chi connectivity index (χ2v) is 7.24. The molecule has 118 valence electrons. The van der Waals surface area contributed by atoms with Gasteiger partial charge < -0.3 is 0 Å². The summed E-state index contributed by atoms with van der Waals surface area (Å²) in [7, 11) is 0. The molecule has 3 rings (SSSR count). The van der Waals surface area contributed by atoms with Gasteiger partial charge in [-0.1, -0.05) is 71.7 Å². The second-order valence-electron chi connectivity index (χ2n) is 6.13. The third-order valence-electron chi connectivity index (χ3n) is 4.42. The molecule has 3 aromatic rings. The van der Waals surface area contributed by atoms with E-state index < -0.39 is 0 Å². The van der Waals surface area contributed by atoms with E-state index in [9.17, 15) is 0 Å². The number of aromatic nitrogens is 1. The highest BCUT2D eigenvalue weighted by molar-refractivity contribution is 9.09. The lowest BCUT2D eigenvalue weighted by atomic mass is 9.94. The fraction of sp³-hybridized carbons (Fsp3) is 0.286. The fourth-order valence-corrected chi connectivity index (χ4v) is 4.08. The van der Waals surface area contributed by atoms with Crippen LogP contribution in [0.15, 0.2) is 48.7 Å². The second kappa shape index (κ2) is 6.84. The summed E-state index contributed by atoms with van der Waals surface area (Å²) in [6.45, 7) is 6.54. The smallest absolute Gasteiger partial charge is 0.0785 e. The molecule has 0 N–H and O–H groups in total. The Bertz CT molecular complexity index is 818. The number of fused-ring (bicyclic) bond motifs is 1. The zero-order valence-corrected chi connectivity index (χ0v) is 15.5. The van der Waals surface area contributed by atoms with Gasteiger partial charge in [-0.05, 0) is 42.3 Å². The van der Waals surface area contributed by atoms with Gasteiger partial charge in [-0.2, -0.15) is 0 Å². The van der Waals surface area contributed by atoms with Crippen molar-refractivity contribution in [2.24, 2.45) is 0 Å². The molecule has 1 heterocycles. The van der Waals surface area contributed by atoms with Crippen molar-refractivity contribution in [1.29, 1.82) is 0 Å². The molecule has 0 bridgehead atoms. The Hall–Kier alpha value is -1.67. The number of pyridine rings is 1. The zero-order chi connectivity index (χ0) is 16.4. The summed E-state index contributed by atoms with van der Waals surface area (Å²) >= 11 is 3.84. The van der Waals surface area contributed by atoms with Crippen LogP contribution in [0.1, 0.15) is 41.3 Å². The van der Waals surface area contributed by atoms with E-state index in [0.717, 1.165) is 18.5 Å². The predicted octanol–water partition coefficient (Wildman–Crippen LogP) is 6.75. The molecule has 0 radical (unpaired) electrons. The van der Waals surface area contributed by atoms with Gasteiger partial charge in [0.2, 0.25) is 0 Å². The van der Waals surface area contributed by atoms with Crippen LogP contribution in [0.25, 0.3) is 22.0 Å². The number of aryl methyl sites for hydroxylation is 2. The molecular formula is C21H22BrN. The van der Waals surface area contributed by atoms with Crippen molar-refractivity contribution in [3.05, 3.63) is 65.4 Å². The van der Waals surface area contributed by atoms with Crippen LogP contribution >= 0.6 is 15.9 Å². The Morgan fingerprint density at radius 1 is 0.957 bits per heavy atom. The first-order valence-electron chi connectivity index (χ1n) is 8.21. The lowest BCUT2D eigenvalue weighted by Crippen LogP contribution is -1.97. The quantitative estimate of drug-likeness (QED) is 0.464. The van der Waals surface area contributed by atoms with E-state index in [-0.39, 0.29) is 0 Å². The minimum absolute atomic E-state index is 0.358. The van der Waals surface area contributed by atoms with Crippen molar-refractivity contribution in [1.82, 2.24) is 4.98 Å². The number of alkyl halides is 1. The Morgan fingerprint density at radius 2 is 1.61 bits per heavy atom. The van der Waals surface area contributed by atoms with Crippen molar-refractivity contribution in [3.63, 3.8) is 0 Å². The molecule has 0 amide bonds. The maximum Gasteiger partial charge on any atom is 0.0785 e. The first kappa shape index (κ1) is 16.2. The van der Waals surface area contributed by atoms with Crippen LogP contribution in [-0.4, -0.2) is 4.98 Å². The van der Waals surface area contributed by atoms with Gasteiger partial charge in [0.25, 0.3) is 0 Å². The standard InChI is InChI=1S/C21H22BrN/c1-4-8-19(22)18-13-23-21(17-12-6-5-11-16(17)18)20-14(2)9-7-10-15(20)3/h5-7,9-13,19H,4,8H2,1-3H3. The fourth-order valence-electron chi connectivity index (χ4n) is 3.26. The monoisotopic (exact) mass is 367 g/mol. The number of hydrogen-bond acceptors (Lipinski definition) is 1. The van der Waals surface area contributed by atoms with Crippen LogP contribution in [0.5, 0.6) is 0 Å². The largest absolute Gasteiger partial charge is 0.255 e. The van der Waals surface area contributed by atoms with Gasteiger partial charge >= 0.3 is 0 Å². The van der Waals surface area contributed by atoms with Crippen molar-refractivity contribution < 1.29 is 0 Å². The average molecular weight is 368 g/mol. The molecule has 0 aliphatic heterocycles. The highest BCUT2D eigenvalue weighted by Crippen LogP contribution is 2.37. The van der Waals surface area contributed by atoms with E-state index in [1.54, 1.807) is 0 Å². The van der Waals surface area contributed by atoms with Gasteiger partial charge in [-0.15, -0.1) is 0 Å². The van der Waals surface area contributed by atoms with Crippen molar-refractivity contribution in [2.75, 3.05) is 0 Å². The predicted molar refractivity (Wildman–Crippen MR) is 103 cm³/mol. The Labute approximate surface area is 146 Å². The summed E-state index contributed by atoms with van der Waals surface area (Å²) < 4.78 is 0. The molecule has 0 spiro atoms. The van der Waals surface area contributed by atoms with Gasteiger partial charge in [-0.25, -0.2) is 0 Å².